The van der Waals surface area contributed by atoms with Gasteiger partial charge in [0.1, 0.15) is 17.1 Å². The summed E-state index contributed by atoms with van der Waals surface area (Å²) in [6.45, 7) is 2.00. The highest BCUT2D eigenvalue weighted by molar-refractivity contribution is 5.72. The molecule has 128 valence electrons. The number of carbonyl (C=O) groups excluding carboxylic acids is 1. The molecule has 2 aromatic rings. The van der Waals surface area contributed by atoms with Crippen LogP contribution >= 0.6 is 0 Å². The van der Waals surface area contributed by atoms with Crippen molar-refractivity contribution in [2.45, 2.75) is 18.9 Å². The third-order valence-corrected chi connectivity index (χ3v) is 3.84. The molecule has 0 saturated heterocycles. The maximum Gasteiger partial charge on any atom is 0.309 e. The fourth-order valence-corrected chi connectivity index (χ4v) is 2.53. The molecule has 0 amide bonds. The topological polar surface area (TPSA) is 65.0 Å². The Morgan fingerprint density at radius 1 is 0.917 bits per heavy atom. The van der Waals surface area contributed by atoms with E-state index < -0.39 is 11.6 Å². The molecular weight excluding hydrogens is 308 g/mol. The lowest BCUT2D eigenvalue weighted by Gasteiger charge is -2.28. The molecule has 0 aliphatic rings. The summed E-state index contributed by atoms with van der Waals surface area (Å²) in [5.74, 6) is 0.880. The summed E-state index contributed by atoms with van der Waals surface area (Å²) >= 11 is 0. The number of hydrogen-bond donors (Lipinski definition) is 1. The van der Waals surface area contributed by atoms with Gasteiger partial charge in [-0.3, -0.25) is 4.79 Å². The Labute approximate surface area is 141 Å². The molecule has 0 aromatic heterocycles. The molecule has 2 rings (SSSR count). The number of hydrogen-bond acceptors (Lipinski definition) is 5. The van der Waals surface area contributed by atoms with E-state index in [1.165, 1.54) is 0 Å². The highest BCUT2D eigenvalue weighted by atomic mass is 16.5. The quantitative estimate of drug-likeness (QED) is 0.791. The molecule has 0 unspecified atom stereocenters. The molecule has 5 heteroatoms. The first-order valence-electron chi connectivity index (χ1n) is 7.70. The van der Waals surface area contributed by atoms with Crippen LogP contribution in [0, 0.1) is 0 Å². The highest BCUT2D eigenvalue weighted by Crippen LogP contribution is 2.35. The van der Waals surface area contributed by atoms with E-state index in [-0.39, 0.29) is 13.0 Å². The lowest BCUT2D eigenvalue weighted by molar-refractivity contribution is -0.147. The maximum atomic E-state index is 12.0. The second-order valence-electron chi connectivity index (χ2n) is 5.30. The molecule has 0 radical (unpaired) electrons. The van der Waals surface area contributed by atoms with Gasteiger partial charge in [-0.1, -0.05) is 24.3 Å². The fraction of sp³-hybridized carbons (Fsp3) is 0.316. The van der Waals surface area contributed by atoms with Crippen molar-refractivity contribution in [1.82, 2.24) is 0 Å². The Bertz CT molecular complexity index is 614. The number of ether oxygens (including phenoxy) is 3. The second kappa shape index (κ2) is 7.84. The van der Waals surface area contributed by atoms with Crippen molar-refractivity contribution in [1.29, 1.82) is 0 Å². The molecule has 0 aliphatic carbocycles. The van der Waals surface area contributed by atoms with E-state index in [1.807, 2.05) is 0 Å². The highest BCUT2D eigenvalue weighted by Gasteiger charge is 2.35. The molecule has 5 nitrogen and oxygen atoms in total. The summed E-state index contributed by atoms with van der Waals surface area (Å²) in [6, 6.07) is 13.9. The van der Waals surface area contributed by atoms with E-state index in [0.29, 0.717) is 22.6 Å². The molecule has 0 fully saturated rings. The minimum Gasteiger partial charge on any atom is -0.497 e. The summed E-state index contributed by atoms with van der Waals surface area (Å²) < 4.78 is 15.3. The summed E-state index contributed by atoms with van der Waals surface area (Å²) in [6.07, 6.45) is -0.181. The van der Waals surface area contributed by atoms with Crippen LogP contribution in [0.1, 0.15) is 24.5 Å². The van der Waals surface area contributed by atoms with Crippen molar-refractivity contribution < 1.29 is 24.1 Å². The monoisotopic (exact) mass is 330 g/mol. The summed E-state index contributed by atoms with van der Waals surface area (Å²) in [5.41, 5.74) is -0.326. The van der Waals surface area contributed by atoms with Gasteiger partial charge in [0.15, 0.2) is 0 Å². The van der Waals surface area contributed by atoms with E-state index in [4.69, 9.17) is 14.2 Å². The number of methoxy groups -OCH3 is 2. The van der Waals surface area contributed by atoms with Crippen LogP contribution in [0.2, 0.25) is 0 Å². The lowest BCUT2D eigenvalue weighted by atomic mass is 9.83. The van der Waals surface area contributed by atoms with E-state index >= 15 is 0 Å². The molecule has 0 saturated carbocycles. The van der Waals surface area contributed by atoms with Gasteiger partial charge in [0.2, 0.25) is 0 Å². The van der Waals surface area contributed by atoms with Crippen molar-refractivity contribution in [3.05, 3.63) is 59.7 Å². The van der Waals surface area contributed by atoms with Crippen molar-refractivity contribution in [2.75, 3.05) is 20.8 Å². The van der Waals surface area contributed by atoms with Crippen LogP contribution < -0.4 is 9.47 Å². The van der Waals surface area contributed by atoms with Crippen LogP contribution in [0.4, 0.5) is 0 Å². The van der Waals surface area contributed by atoms with Crippen LogP contribution in [0.25, 0.3) is 0 Å². The second-order valence-corrected chi connectivity index (χ2v) is 5.30. The number of rotatable bonds is 7. The minimum atomic E-state index is -1.50. The zero-order chi connectivity index (χ0) is 17.6. The Balaban J connectivity index is 2.43. The summed E-state index contributed by atoms with van der Waals surface area (Å²) in [4.78, 5) is 12.0. The van der Waals surface area contributed by atoms with Gasteiger partial charge in [0.25, 0.3) is 0 Å². The number of carbonyl (C=O) groups is 1. The van der Waals surface area contributed by atoms with Crippen molar-refractivity contribution in [3.8, 4) is 11.5 Å². The zero-order valence-corrected chi connectivity index (χ0v) is 14.1. The van der Waals surface area contributed by atoms with Gasteiger partial charge in [-0.25, -0.2) is 0 Å². The molecule has 0 spiro atoms. The third-order valence-electron chi connectivity index (χ3n) is 3.84. The Morgan fingerprint density at radius 2 is 1.33 bits per heavy atom. The predicted molar refractivity (Wildman–Crippen MR) is 90.2 cm³/mol. The normalized spacial score (nSPS) is 11.0. The number of esters is 1. The largest absolute Gasteiger partial charge is 0.497 e. The lowest BCUT2D eigenvalue weighted by Crippen LogP contribution is -2.31. The van der Waals surface area contributed by atoms with Gasteiger partial charge < -0.3 is 19.3 Å². The predicted octanol–water partition coefficient (Wildman–Crippen LogP) is 2.89. The first kappa shape index (κ1) is 17.8. The molecule has 0 heterocycles. The SMILES string of the molecule is CCOC(=O)CC(O)(c1ccc(OC)cc1)c1ccc(OC)cc1. The van der Waals surface area contributed by atoms with Crippen molar-refractivity contribution in [3.63, 3.8) is 0 Å². The Morgan fingerprint density at radius 3 is 1.67 bits per heavy atom. The first-order valence-corrected chi connectivity index (χ1v) is 7.70. The molecule has 1 N–H and O–H groups in total. The van der Waals surface area contributed by atoms with Gasteiger partial charge >= 0.3 is 5.97 Å². The van der Waals surface area contributed by atoms with Crippen LogP contribution in [0.3, 0.4) is 0 Å². The van der Waals surface area contributed by atoms with Gasteiger partial charge in [0, 0.05) is 0 Å². The molecule has 2 aromatic carbocycles. The average Bonchev–Trinajstić information content (AvgIpc) is 2.62. The minimum absolute atomic E-state index is 0.181. The van der Waals surface area contributed by atoms with E-state index in [9.17, 15) is 9.90 Å². The van der Waals surface area contributed by atoms with Gasteiger partial charge in [-0.2, -0.15) is 0 Å². The zero-order valence-electron chi connectivity index (χ0n) is 14.1. The van der Waals surface area contributed by atoms with E-state index in [2.05, 4.69) is 0 Å². The van der Waals surface area contributed by atoms with Crippen LogP contribution in [0.5, 0.6) is 11.5 Å². The van der Waals surface area contributed by atoms with Gasteiger partial charge in [-0.15, -0.1) is 0 Å². The van der Waals surface area contributed by atoms with Gasteiger partial charge in [-0.05, 0) is 42.3 Å². The molecular formula is C19H22O5. The summed E-state index contributed by atoms with van der Waals surface area (Å²) in [7, 11) is 3.15. The molecule has 24 heavy (non-hydrogen) atoms. The smallest absolute Gasteiger partial charge is 0.309 e. The van der Waals surface area contributed by atoms with E-state index in [1.54, 1.807) is 69.7 Å². The maximum absolute atomic E-state index is 12.0. The van der Waals surface area contributed by atoms with Crippen molar-refractivity contribution in [2.24, 2.45) is 0 Å². The van der Waals surface area contributed by atoms with E-state index in [0.717, 1.165) is 0 Å². The van der Waals surface area contributed by atoms with Gasteiger partial charge in [0.05, 0.1) is 27.2 Å². The first-order chi connectivity index (χ1) is 11.5. The number of aliphatic hydroxyl groups is 1. The van der Waals surface area contributed by atoms with Crippen molar-refractivity contribution >= 4 is 5.97 Å². The Kier molecular flexibility index (Phi) is 5.82. The molecule has 0 bridgehead atoms. The van der Waals surface area contributed by atoms with Crippen LogP contribution in [-0.2, 0) is 15.1 Å². The standard InChI is InChI=1S/C19H22O5/c1-4-24-18(20)13-19(21,14-5-9-16(22-2)10-6-14)15-7-11-17(23-3)12-8-15/h5-12,21H,4,13H2,1-3H3. The molecule has 0 aliphatic heterocycles. The fourth-order valence-electron chi connectivity index (χ4n) is 2.53. The number of benzene rings is 2. The Hall–Kier alpha value is -2.53. The average molecular weight is 330 g/mol. The summed E-state index contributed by atoms with van der Waals surface area (Å²) in [5, 5.41) is 11.3. The molecule has 0 atom stereocenters. The third kappa shape index (κ3) is 3.86. The van der Waals surface area contributed by atoms with Crippen LogP contribution in [0.15, 0.2) is 48.5 Å². The van der Waals surface area contributed by atoms with Crippen LogP contribution in [-0.4, -0.2) is 31.9 Å².